The molecule has 0 unspecified atom stereocenters. The van der Waals surface area contributed by atoms with Gasteiger partial charge in [0.05, 0.1) is 6.10 Å². The Hall–Kier alpha value is -0.620. The molecule has 0 radical (unpaired) electrons. The molecule has 0 aromatic carbocycles. The highest BCUT2D eigenvalue weighted by Gasteiger charge is 2.17. The lowest BCUT2D eigenvalue weighted by atomic mass is 10.1. The van der Waals surface area contributed by atoms with Crippen LogP contribution in [0, 0.1) is 0 Å². The predicted molar refractivity (Wildman–Crippen MR) is 91.9 cm³/mol. The Morgan fingerprint density at radius 2 is 1.85 bits per heavy atom. The molecule has 0 saturated carbocycles. The van der Waals surface area contributed by atoms with Crippen molar-refractivity contribution in [2.75, 3.05) is 7.11 Å². The largest absolute Gasteiger partial charge is 0.457 e. The fraction of sp³-hybridized carbons (Fsp3) is 0.562. The van der Waals surface area contributed by atoms with Crippen LogP contribution in [0.3, 0.4) is 0 Å². The van der Waals surface area contributed by atoms with Crippen LogP contribution in [0.15, 0.2) is 33.5 Å². The van der Waals surface area contributed by atoms with E-state index >= 15 is 0 Å². The molecule has 0 aromatic rings. The van der Waals surface area contributed by atoms with Crippen LogP contribution in [-0.2, 0) is 14.3 Å². The summed E-state index contributed by atoms with van der Waals surface area (Å²) in [5.41, 5.74) is 1.19. The topological polar surface area (TPSA) is 35.5 Å². The van der Waals surface area contributed by atoms with E-state index in [1.165, 1.54) is 0 Å². The second-order valence-corrected chi connectivity index (χ2v) is 6.30. The molecule has 0 spiro atoms. The molecule has 3 nitrogen and oxygen atoms in total. The maximum atomic E-state index is 11.8. The third-order valence-electron chi connectivity index (χ3n) is 2.55. The first kappa shape index (κ1) is 19.4. The van der Waals surface area contributed by atoms with Crippen molar-refractivity contribution >= 4 is 28.6 Å². The monoisotopic (exact) mass is 392 g/mol. The van der Waals surface area contributed by atoms with Crippen molar-refractivity contribution in [2.24, 2.45) is 0 Å². The van der Waals surface area contributed by atoms with E-state index < -0.39 is 5.60 Å². The van der Waals surface area contributed by atoms with E-state index in [9.17, 15) is 4.79 Å². The second kappa shape index (κ2) is 9.34. The number of ether oxygens (including phenoxy) is 2. The summed E-state index contributed by atoms with van der Waals surface area (Å²) in [5.74, 6) is -0.289. The number of halogens is 1. The molecule has 0 saturated heterocycles. The van der Waals surface area contributed by atoms with Gasteiger partial charge in [-0.1, -0.05) is 40.8 Å². The van der Waals surface area contributed by atoms with Crippen molar-refractivity contribution < 1.29 is 14.3 Å². The maximum Gasteiger partial charge on any atom is 0.334 e. The van der Waals surface area contributed by atoms with Crippen LogP contribution in [-0.4, -0.2) is 24.8 Å². The third kappa shape index (κ3) is 8.53. The minimum Gasteiger partial charge on any atom is -0.457 e. The smallest absolute Gasteiger partial charge is 0.334 e. The number of carbonyl (C=O) groups is 1. The van der Waals surface area contributed by atoms with Gasteiger partial charge in [0.25, 0.3) is 0 Å². The van der Waals surface area contributed by atoms with Gasteiger partial charge in [0.2, 0.25) is 0 Å². The summed E-state index contributed by atoms with van der Waals surface area (Å²) >= 11 is 2.18. The zero-order valence-corrected chi connectivity index (χ0v) is 15.4. The molecule has 0 aliphatic carbocycles. The zero-order valence-electron chi connectivity index (χ0n) is 13.2. The summed E-state index contributed by atoms with van der Waals surface area (Å²) < 4.78 is 12.7. The lowest BCUT2D eigenvalue weighted by molar-refractivity contribution is -0.149. The van der Waals surface area contributed by atoms with Crippen molar-refractivity contribution in [1.29, 1.82) is 0 Å². The van der Waals surface area contributed by atoms with E-state index in [0.717, 1.165) is 12.0 Å². The molecular weight excluding hydrogens is 367 g/mol. The number of hydrogen-bond donors (Lipinski definition) is 0. The molecule has 0 aliphatic heterocycles. The minimum absolute atomic E-state index is 0.0312. The van der Waals surface area contributed by atoms with Gasteiger partial charge in [0.15, 0.2) is 0 Å². The fourth-order valence-corrected chi connectivity index (χ4v) is 1.73. The molecule has 0 rings (SSSR count). The zero-order chi connectivity index (χ0) is 15.8. The Morgan fingerprint density at radius 3 is 2.30 bits per heavy atom. The SMILES string of the molecule is CO[C@H](C/C=C\I)/C(C)=C/C=C(\C)C(=O)OC(C)(C)C. The van der Waals surface area contributed by atoms with Gasteiger partial charge in [-0.3, -0.25) is 0 Å². The molecule has 0 amide bonds. The molecule has 4 heteroatoms. The first-order valence-corrected chi connectivity index (χ1v) is 7.82. The molecule has 1 atom stereocenters. The van der Waals surface area contributed by atoms with Crippen LogP contribution in [0.2, 0.25) is 0 Å². The molecule has 0 aliphatic rings. The van der Waals surface area contributed by atoms with E-state index in [4.69, 9.17) is 9.47 Å². The summed E-state index contributed by atoms with van der Waals surface area (Å²) in [6.45, 7) is 9.32. The van der Waals surface area contributed by atoms with Crippen LogP contribution in [0.1, 0.15) is 41.0 Å². The van der Waals surface area contributed by atoms with Crippen LogP contribution >= 0.6 is 22.6 Å². The molecule has 20 heavy (non-hydrogen) atoms. The number of methoxy groups -OCH3 is 1. The highest BCUT2D eigenvalue weighted by Crippen LogP contribution is 2.14. The number of hydrogen-bond acceptors (Lipinski definition) is 3. The van der Waals surface area contributed by atoms with Crippen molar-refractivity contribution in [2.45, 2.75) is 52.7 Å². The average molecular weight is 392 g/mol. The Kier molecular flexibility index (Phi) is 9.05. The van der Waals surface area contributed by atoms with Gasteiger partial charge in [0.1, 0.15) is 5.60 Å². The van der Waals surface area contributed by atoms with Gasteiger partial charge in [-0.15, -0.1) is 0 Å². The number of allylic oxidation sites excluding steroid dienone is 2. The Labute approximate surface area is 136 Å². The summed E-state index contributed by atoms with van der Waals surface area (Å²) in [5, 5.41) is 0. The summed E-state index contributed by atoms with van der Waals surface area (Å²) in [6, 6.07) is 0. The predicted octanol–water partition coefficient (Wildman–Crippen LogP) is 4.57. The van der Waals surface area contributed by atoms with Gasteiger partial charge in [0, 0.05) is 12.7 Å². The standard InChI is InChI=1S/C16H25IO3/c1-12(14(19-6)8-7-11-17)9-10-13(2)15(18)20-16(3,4)5/h7,9-11,14H,8H2,1-6H3/b11-7-,12-9+,13-10+/t14-/m1/s1. The lowest BCUT2D eigenvalue weighted by Crippen LogP contribution is -2.24. The van der Waals surface area contributed by atoms with Crippen LogP contribution in [0.5, 0.6) is 0 Å². The Morgan fingerprint density at radius 1 is 1.25 bits per heavy atom. The molecule has 114 valence electrons. The van der Waals surface area contributed by atoms with Gasteiger partial charge < -0.3 is 9.47 Å². The third-order valence-corrected chi connectivity index (χ3v) is 3.06. The number of esters is 1. The van der Waals surface area contributed by atoms with Crippen LogP contribution in [0.4, 0.5) is 0 Å². The Bertz CT molecular complexity index is 400. The summed E-state index contributed by atoms with van der Waals surface area (Å²) in [4.78, 5) is 11.8. The average Bonchev–Trinajstić information content (AvgIpc) is 2.34. The molecular formula is C16H25IO3. The van der Waals surface area contributed by atoms with E-state index in [2.05, 4.69) is 28.7 Å². The van der Waals surface area contributed by atoms with Gasteiger partial charge in [-0.05, 0) is 50.7 Å². The van der Waals surface area contributed by atoms with Crippen molar-refractivity contribution in [3.63, 3.8) is 0 Å². The van der Waals surface area contributed by atoms with E-state index in [1.807, 2.05) is 37.9 Å². The highest BCUT2D eigenvalue weighted by atomic mass is 127. The summed E-state index contributed by atoms with van der Waals surface area (Å²) in [7, 11) is 1.69. The number of carbonyl (C=O) groups excluding carboxylic acids is 1. The van der Waals surface area contributed by atoms with E-state index in [1.54, 1.807) is 20.1 Å². The first-order chi connectivity index (χ1) is 9.21. The normalized spacial score (nSPS) is 15.6. The Balaban J connectivity index is 4.78. The van der Waals surface area contributed by atoms with Crippen LogP contribution < -0.4 is 0 Å². The molecule has 0 N–H and O–H groups in total. The van der Waals surface area contributed by atoms with E-state index in [0.29, 0.717) is 5.57 Å². The molecule has 0 fully saturated rings. The molecule has 0 bridgehead atoms. The highest BCUT2D eigenvalue weighted by molar-refractivity contribution is 14.1. The van der Waals surface area contributed by atoms with Crippen LogP contribution in [0.25, 0.3) is 0 Å². The molecule has 0 heterocycles. The summed E-state index contributed by atoms with van der Waals surface area (Å²) in [6.07, 6.45) is 6.60. The fourth-order valence-electron chi connectivity index (χ4n) is 1.43. The van der Waals surface area contributed by atoms with Crippen molar-refractivity contribution in [3.05, 3.63) is 33.5 Å². The van der Waals surface area contributed by atoms with Gasteiger partial charge in [-0.2, -0.15) is 0 Å². The number of rotatable bonds is 6. The van der Waals surface area contributed by atoms with Crippen molar-refractivity contribution in [3.8, 4) is 0 Å². The maximum absolute atomic E-state index is 11.8. The van der Waals surface area contributed by atoms with E-state index in [-0.39, 0.29) is 12.1 Å². The molecule has 0 aromatic heterocycles. The first-order valence-electron chi connectivity index (χ1n) is 6.57. The second-order valence-electron chi connectivity index (χ2n) is 5.58. The minimum atomic E-state index is -0.467. The quantitative estimate of drug-likeness (QED) is 0.287. The van der Waals surface area contributed by atoms with Gasteiger partial charge >= 0.3 is 5.97 Å². The lowest BCUT2D eigenvalue weighted by Gasteiger charge is -2.19. The van der Waals surface area contributed by atoms with Crippen molar-refractivity contribution in [1.82, 2.24) is 0 Å². The van der Waals surface area contributed by atoms with Gasteiger partial charge in [-0.25, -0.2) is 4.79 Å².